The van der Waals surface area contributed by atoms with Gasteiger partial charge < -0.3 is 14.9 Å². The van der Waals surface area contributed by atoms with Crippen LogP contribution in [-0.4, -0.2) is 35.0 Å². The molecule has 19 heavy (non-hydrogen) atoms. The number of carbonyl (C=O) groups is 1. The number of esters is 1. The van der Waals surface area contributed by atoms with E-state index < -0.39 is 6.10 Å². The molecule has 3 aliphatic rings. The van der Waals surface area contributed by atoms with Crippen LogP contribution in [0, 0.1) is 29.6 Å². The summed E-state index contributed by atoms with van der Waals surface area (Å²) in [5.74, 6) is 0.0335. The van der Waals surface area contributed by atoms with Gasteiger partial charge in [0.05, 0.1) is 12.0 Å². The molecule has 1 heterocycles. The summed E-state index contributed by atoms with van der Waals surface area (Å²) in [6.07, 6.45) is 1.81. The van der Waals surface area contributed by atoms with Gasteiger partial charge in [0.1, 0.15) is 6.10 Å². The van der Waals surface area contributed by atoms with Crippen LogP contribution in [0.5, 0.6) is 0 Å². The van der Waals surface area contributed by atoms with Crippen LogP contribution in [0.25, 0.3) is 0 Å². The van der Waals surface area contributed by atoms with Crippen molar-refractivity contribution in [1.29, 1.82) is 0 Å². The van der Waals surface area contributed by atoms with Gasteiger partial charge in [-0.15, -0.1) is 0 Å². The van der Waals surface area contributed by atoms with E-state index in [1.807, 2.05) is 6.92 Å². The Morgan fingerprint density at radius 3 is 2.89 bits per heavy atom. The fourth-order valence-corrected chi connectivity index (χ4v) is 4.41. The molecule has 3 fully saturated rings. The summed E-state index contributed by atoms with van der Waals surface area (Å²) in [6, 6.07) is 0. The summed E-state index contributed by atoms with van der Waals surface area (Å²) >= 11 is 0. The summed E-state index contributed by atoms with van der Waals surface area (Å²) in [4.78, 5) is 11.8. The maximum Gasteiger partial charge on any atom is 0.309 e. The number of rotatable bonds is 1. The van der Waals surface area contributed by atoms with Gasteiger partial charge in [0.15, 0.2) is 0 Å². The molecule has 0 spiro atoms. The Kier molecular flexibility index (Phi) is 3.18. The molecule has 106 valence electrons. The molecule has 0 aromatic rings. The van der Waals surface area contributed by atoms with Crippen LogP contribution in [-0.2, 0) is 9.53 Å². The molecule has 7 unspecified atom stereocenters. The summed E-state index contributed by atoms with van der Waals surface area (Å²) < 4.78 is 5.60. The first-order valence-electron chi connectivity index (χ1n) is 7.21. The number of ether oxygens (including phenoxy) is 1. The standard InChI is InChI=1S/C15H22O4/c1-7-3-4-9-8(2)15(18)19-14(9)13-10(7)5-12(17)11(13)6-16/h8-14,16-17H,1,3-6H2,2H3. The highest BCUT2D eigenvalue weighted by Crippen LogP contribution is 2.52. The van der Waals surface area contributed by atoms with Crippen molar-refractivity contribution in [3.63, 3.8) is 0 Å². The Bertz CT molecular complexity index is 405. The van der Waals surface area contributed by atoms with E-state index in [9.17, 15) is 15.0 Å². The largest absolute Gasteiger partial charge is 0.461 e. The van der Waals surface area contributed by atoms with Crippen LogP contribution in [0.3, 0.4) is 0 Å². The number of aliphatic hydroxyl groups is 2. The first kappa shape index (κ1) is 13.1. The Labute approximate surface area is 113 Å². The lowest BCUT2D eigenvalue weighted by Crippen LogP contribution is -2.36. The monoisotopic (exact) mass is 266 g/mol. The quantitative estimate of drug-likeness (QED) is 0.551. The highest BCUT2D eigenvalue weighted by molar-refractivity contribution is 5.75. The van der Waals surface area contributed by atoms with Gasteiger partial charge in [0.2, 0.25) is 0 Å². The van der Waals surface area contributed by atoms with Crippen LogP contribution in [0.15, 0.2) is 12.2 Å². The molecule has 0 bridgehead atoms. The summed E-state index contributed by atoms with van der Waals surface area (Å²) in [7, 11) is 0. The summed E-state index contributed by atoms with van der Waals surface area (Å²) in [6.45, 7) is 6.03. The molecular formula is C15H22O4. The lowest BCUT2D eigenvalue weighted by Gasteiger charge is -2.30. The molecule has 2 N–H and O–H groups in total. The van der Waals surface area contributed by atoms with E-state index in [1.54, 1.807) is 0 Å². The van der Waals surface area contributed by atoms with Gasteiger partial charge >= 0.3 is 5.97 Å². The van der Waals surface area contributed by atoms with Crippen molar-refractivity contribution in [3.05, 3.63) is 12.2 Å². The molecule has 0 aromatic carbocycles. The highest BCUT2D eigenvalue weighted by atomic mass is 16.6. The zero-order chi connectivity index (χ0) is 13.7. The van der Waals surface area contributed by atoms with Crippen molar-refractivity contribution >= 4 is 5.97 Å². The maximum atomic E-state index is 11.8. The third-order valence-electron chi connectivity index (χ3n) is 5.55. The second kappa shape index (κ2) is 4.60. The van der Waals surface area contributed by atoms with Gasteiger partial charge in [-0.05, 0) is 25.2 Å². The van der Waals surface area contributed by atoms with E-state index in [0.717, 1.165) is 18.4 Å². The van der Waals surface area contributed by atoms with Crippen molar-refractivity contribution in [2.75, 3.05) is 6.61 Å². The number of hydrogen-bond donors (Lipinski definition) is 2. The minimum absolute atomic E-state index is 0.0360. The molecule has 2 saturated carbocycles. The smallest absolute Gasteiger partial charge is 0.309 e. The molecule has 0 aromatic heterocycles. The second-order valence-electron chi connectivity index (χ2n) is 6.38. The molecule has 3 rings (SSSR count). The Morgan fingerprint density at radius 1 is 1.47 bits per heavy atom. The molecule has 0 radical (unpaired) electrons. The maximum absolute atomic E-state index is 11.8. The van der Waals surface area contributed by atoms with E-state index in [2.05, 4.69) is 6.58 Å². The molecule has 7 atom stereocenters. The summed E-state index contributed by atoms with van der Waals surface area (Å²) in [5.41, 5.74) is 1.15. The van der Waals surface area contributed by atoms with Crippen molar-refractivity contribution in [1.82, 2.24) is 0 Å². The molecule has 0 amide bonds. The Morgan fingerprint density at radius 2 is 2.21 bits per heavy atom. The predicted molar refractivity (Wildman–Crippen MR) is 69.1 cm³/mol. The van der Waals surface area contributed by atoms with Crippen LogP contribution in [0.2, 0.25) is 0 Å². The van der Waals surface area contributed by atoms with E-state index in [0.29, 0.717) is 6.42 Å². The number of carbonyl (C=O) groups excluding carboxylic acids is 1. The van der Waals surface area contributed by atoms with E-state index in [-0.39, 0.29) is 48.3 Å². The fourth-order valence-electron chi connectivity index (χ4n) is 4.41. The third-order valence-corrected chi connectivity index (χ3v) is 5.55. The molecule has 1 aliphatic heterocycles. The number of hydrogen-bond acceptors (Lipinski definition) is 4. The third kappa shape index (κ3) is 1.84. The van der Waals surface area contributed by atoms with E-state index >= 15 is 0 Å². The summed E-state index contributed by atoms with van der Waals surface area (Å²) in [5, 5.41) is 19.7. The average Bonchev–Trinajstić information content (AvgIpc) is 2.81. The van der Waals surface area contributed by atoms with E-state index in [1.165, 1.54) is 0 Å². The van der Waals surface area contributed by atoms with Crippen LogP contribution in [0.4, 0.5) is 0 Å². The lowest BCUT2D eigenvalue weighted by atomic mass is 9.78. The van der Waals surface area contributed by atoms with Crippen molar-refractivity contribution in [2.45, 2.75) is 38.4 Å². The van der Waals surface area contributed by atoms with Crippen molar-refractivity contribution in [3.8, 4) is 0 Å². The van der Waals surface area contributed by atoms with Gasteiger partial charge in [0.25, 0.3) is 0 Å². The van der Waals surface area contributed by atoms with Gasteiger partial charge in [-0.25, -0.2) is 0 Å². The number of aliphatic hydroxyl groups excluding tert-OH is 2. The van der Waals surface area contributed by atoms with Gasteiger partial charge in [-0.1, -0.05) is 19.1 Å². The Balaban J connectivity index is 1.96. The molecular weight excluding hydrogens is 244 g/mol. The van der Waals surface area contributed by atoms with Crippen molar-refractivity contribution in [2.24, 2.45) is 29.6 Å². The molecule has 4 nitrogen and oxygen atoms in total. The number of allylic oxidation sites excluding steroid dienone is 1. The highest BCUT2D eigenvalue weighted by Gasteiger charge is 2.56. The first-order chi connectivity index (χ1) is 9.04. The van der Waals surface area contributed by atoms with Gasteiger partial charge in [-0.2, -0.15) is 0 Å². The minimum Gasteiger partial charge on any atom is -0.461 e. The van der Waals surface area contributed by atoms with Gasteiger partial charge in [0, 0.05) is 24.4 Å². The average molecular weight is 266 g/mol. The Hall–Kier alpha value is -0.870. The fraction of sp³-hybridized carbons (Fsp3) is 0.800. The molecule has 4 heteroatoms. The van der Waals surface area contributed by atoms with Crippen LogP contribution in [0.1, 0.15) is 26.2 Å². The van der Waals surface area contributed by atoms with Crippen molar-refractivity contribution < 1.29 is 19.7 Å². The first-order valence-corrected chi connectivity index (χ1v) is 7.21. The van der Waals surface area contributed by atoms with Crippen LogP contribution < -0.4 is 0 Å². The van der Waals surface area contributed by atoms with Crippen LogP contribution >= 0.6 is 0 Å². The second-order valence-corrected chi connectivity index (χ2v) is 6.38. The minimum atomic E-state index is -0.509. The lowest BCUT2D eigenvalue weighted by molar-refractivity contribution is -0.147. The molecule has 1 saturated heterocycles. The molecule has 2 aliphatic carbocycles. The van der Waals surface area contributed by atoms with Gasteiger partial charge in [-0.3, -0.25) is 4.79 Å². The normalized spacial score (nSPS) is 49.5. The topological polar surface area (TPSA) is 66.8 Å². The zero-order valence-electron chi connectivity index (χ0n) is 11.3. The van der Waals surface area contributed by atoms with E-state index in [4.69, 9.17) is 4.74 Å². The predicted octanol–water partition coefficient (Wildman–Crippen LogP) is 1.12. The SMILES string of the molecule is C=C1CCC2C(C)C(=O)OC2C2C1CC(O)C2CO. The zero-order valence-corrected chi connectivity index (χ0v) is 11.3. The number of fused-ring (bicyclic) bond motifs is 3.